The van der Waals surface area contributed by atoms with Crippen molar-refractivity contribution in [1.29, 1.82) is 0 Å². The summed E-state index contributed by atoms with van der Waals surface area (Å²) in [6, 6.07) is -0.00726. The van der Waals surface area contributed by atoms with Gasteiger partial charge in [-0.05, 0) is 59.3 Å². The number of hydrogen-bond acceptors (Lipinski definition) is 4. The first-order chi connectivity index (χ1) is 13.4. The van der Waals surface area contributed by atoms with Crippen molar-refractivity contribution in [2.24, 2.45) is 5.92 Å². The summed E-state index contributed by atoms with van der Waals surface area (Å²) in [6.45, 7) is 14.3. The van der Waals surface area contributed by atoms with Crippen LogP contribution >= 0.6 is 0 Å². The SMILES string of the molecule is CCCCC(=O)N[C@H](/C=C/CC(=O)NC1CC(C)(C)N(O)C(C)(C)C1)CC(C)C. The molecule has 1 atom stereocenters. The molecule has 1 heterocycles. The summed E-state index contributed by atoms with van der Waals surface area (Å²) in [5.74, 6) is 0.509. The van der Waals surface area contributed by atoms with E-state index in [1.165, 1.54) is 5.06 Å². The second kappa shape index (κ2) is 11.1. The largest absolute Gasteiger partial charge is 0.353 e. The molecule has 1 rings (SSSR count). The van der Waals surface area contributed by atoms with Gasteiger partial charge in [0.05, 0.1) is 0 Å². The highest BCUT2D eigenvalue weighted by molar-refractivity contribution is 5.78. The average molecular weight is 410 g/mol. The highest BCUT2D eigenvalue weighted by atomic mass is 16.5. The molecule has 1 aliphatic heterocycles. The van der Waals surface area contributed by atoms with Gasteiger partial charge in [-0.15, -0.1) is 0 Å². The number of nitrogens with zero attached hydrogens (tertiary/aromatic N) is 1. The van der Waals surface area contributed by atoms with E-state index in [4.69, 9.17) is 0 Å². The normalized spacial score (nSPS) is 20.7. The van der Waals surface area contributed by atoms with Crippen LogP contribution in [0.2, 0.25) is 0 Å². The first-order valence-electron chi connectivity index (χ1n) is 11.1. The van der Waals surface area contributed by atoms with Gasteiger partial charge in [0.15, 0.2) is 0 Å². The van der Waals surface area contributed by atoms with Crippen LogP contribution < -0.4 is 10.6 Å². The Hall–Kier alpha value is -1.40. The lowest BCUT2D eigenvalue weighted by atomic mass is 9.79. The summed E-state index contributed by atoms with van der Waals surface area (Å²) in [6.07, 6.45) is 8.81. The number of rotatable bonds is 10. The minimum absolute atomic E-state index is 0.0233. The van der Waals surface area contributed by atoms with E-state index in [1.54, 1.807) is 0 Å². The molecule has 168 valence electrons. The molecule has 0 saturated carbocycles. The fourth-order valence-electron chi connectivity index (χ4n) is 4.31. The van der Waals surface area contributed by atoms with Gasteiger partial charge < -0.3 is 15.8 Å². The topological polar surface area (TPSA) is 81.7 Å². The Kier molecular flexibility index (Phi) is 9.83. The van der Waals surface area contributed by atoms with Gasteiger partial charge in [-0.2, -0.15) is 5.06 Å². The molecule has 2 amide bonds. The molecule has 1 fully saturated rings. The van der Waals surface area contributed by atoms with Crippen LogP contribution in [0.3, 0.4) is 0 Å². The first kappa shape index (κ1) is 25.6. The van der Waals surface area contributed by atoms with E-state index in [0.29, 0.717) is 31.6 Å². The zero-order valence-electron chi connectivity index (χ0n) is 19.5. The Labute approximate surface area is 177 Å². The van der Waals surface area contributed by atoms with Gasteiger partial charge in [0.25, 0.3) is 0 Å². The molecule has 1 aliphatic rings. The number of unbranched alkanes of at least 4 members (excludes halogenated alkanes) is 1. The maximum Gasteiger partial charge on any atom is 0.224 e. The Morgan fingerprint density at radius 2 is 1.72 bits per heavy atom. The number of carbonyl (C=O) groups excluding carboxylic acids is 2. The van der Waals surface area contributed by atoms with E-state index < -0.39 is 0 Å². The summed E-state index contributed by atoms with van der Waals surface area (Å²) in [4.78, 5) is 24.5. The first-order valence-corrected chi connectivity index (χ1v) is 11.1. The zero-order chi connectivity index (χ0) is 22.2. The van der Waals surface area contributed by atoms with Gasteiger partial charge in [0.2, 0.25) is 11.8 Å². The predicted molar refractivity (Wildman–Crippen MR) is 118 cm³/mol. The highest BCUT2D eigenvalue weighted by Crippen LogP contribution is 2.36. The second-order valence-corrected chi connectivity index (χ2v) is 10.1. The fraction of sp³-hybridized carbons (Fsp3) is 0.826. The van der Waals surface area contributed by atoms with E-state index in [-0.39, 0.29) is 35.0 Å². The van der Waals surface area contributed by atoms with Crippen LogP contribution in [-0.4, -0.2) is 45.2 Å². The van der Waals surface area contributed by atoms with E-state index >= 15 is 0 Å². The van der Waals surface area contributed by atoms with Crippen LogP contribution in [0.25, 0.3) is 0 Å². The molecule has 0 unspecified atom stereocenters. The minimum atomic E-state index is -0.388. The zero-order valence-corrected chi connectivity index (χ0v) is 19.5. The fourth-order valence-corrected chi connectivity index (χ4v) is 4.31. The maximum atomic E-state index is 12.5. The van der Waals surface area contributed by atoms with Gasteiger partial charge in [-0.1, -0.05) is 39.3 Å². The van der Waals surface area contributed by atoms with Crippen LogP contribution in [-0.2, 0) is 9.59 Å². The quantitative estimate of drug-likeness (QED) is 0.473. The van der Waals surface area contributed by atoms with E-state index in [0.717, 1.165) is 19.3 Å². The van der Waals surface area contributed by atoms with Crippen LogP contribution in [0.4, 0.5) is 0 Å². The molecule has 0 bridgehead atoms. The van der Waals surface area contributed by atoms with E-state index in [1.807, 2.05) is 39.8 Å². The molecule has 29 heavy (non-hydrogen) atoms. The van der Waals surface area contributed by atoms with Gasteiger partial charge in [0, 0.05) is 36.0 Å². The lowest BCUT2D eigenvalue weighted by Gasteiger charge is -2.51. The average Bonchev–Trinajstić information content (AvgIpc) is 2.56. The summed E-state index contributed by atoms with van der Waals surface area (Å²) in [5.41, 5.74) is -0.776. The lowest BCUT2D eigenvalue weighted by molar-refractivity contribution is -0.246. The van der Waals surface area contributed by atoms with Crippen molar-refractivity contribution in [3.05, 3.63) is 12.2 Å². The van der Waals surface area contributed by atoms with E-state index in [2.05, 4.69) is 31.4 Å². The molecule has 6 nitrogen and oxygen atoms in total. The third-order valence-corrected chi connectivity index (χ3v) is 5.50. The van der Waals surface area contributed by atoms with Crippen molar-refractivity contribution in [3.8, 4) is 0 Å². The number of hydroxylamine groups is 2. The molecule has 0 aromatic rings. The molecule has 6 heteroatoms. The van der Waals surface area contributed by atoms with Crippen molar-refractivity contribution in [1.82, 2.24) is 15.7 Å². The summed E-state index contributed by atoms with van der Waals surface area (Å²) in [7, 11) is 0. The predicted octanol–water partition coefficient (Wildman–Crippen LogP) is 4.18. The third-order valence-electron chi connectivity index (χ3n) is 5.50. The lowest BCUT2D eigenvalue weighted by Crippen LogP contribution is -2.62. The number of nitrogens with one attached hydrogen (secondary N) is 2. The Bertz CT molecular complexity index is 552. The maximum absolute atomic E-state index is 12.5. The molecule has 0 aromatic carbocycles. The molecule has 0 spiro atoms. The Morgan fingerprint density at radius 3 is 2.24 bits per heavy atom. The van der Waals surface area contributed by atoms with Gasteiger partial charge in [-0.3, -0.25) is 9.59 Å². The summed E-state index contributed by atoms with van der Waals surface area (Å²) in [5, 5.41) is 18.0. The summed E-state index contributed by atoms with van der Waals surface area (Å²) >= 11 is 0. The molecular formula is C23H43N3O3. The van der Waals surface area contributed by atoms with E-state index in [9.17, 15) is 14.8 Å². The molecule has 0 aliphatic carbocycles. The third kappa shape index (κ3) is 8.87. The van der Waals surface area contributed by atoms with Crippen molar-refractivity contribution >= 4 is 11.8 Å². The Morgan fingerprint density at radius 1 is 1.14 bits per heavy atom. The highest BCUT2D eigenvalue weighted by Gasteiger charge is 2.45. The standard InChI is InChI=1S/C23H43N3O3/c1-8-9-12-20(27)24-18(14-17(2)3)11-10-13-21(28)25-19-15-22(4,5)26(29)23(6,7)16-19/h10-11,17-19,29H,8-9,12-16H2,1-7H3,(H,24,27)(H,25,28)/b11-10+/t18-/m1/s1. The van der Waals surface area contributed by atoms with Crippen molar-refractivity contribution < 1.29 is 14.8 Å². The van der Waals surface area contributed by atoms with Crippen LogP contribution in [0.1, 0.15) is 93.4 Å². The monoisotopic (exact) mass is 409 g/mol. The van der Waals surface area contributed by atoms with Gasteiger partial charge in [-0.25, -0.2) is 0 Å². The number of piperidine rings is 1. The van der Waals surface area contributed by atoms with Crippen molar-refractivity contribution in [2.75, 3.05) is 0 Å². The number of carbonyl (C=O) groups is 2. The smallest absolute Gasteiger partial charge is 0.224 e. The number of amides is 2. The van der Waals surface area contributed by atoms with Crippen LogP contribution in [0.15, 0.2) is 12.2 Å². The van der Waals surface area contributed by atoms with Crippen LogP contribution in [0.5, 0.6) is 0 Å². The summed E-state index contributed by atoms with van der Waals surface area (Å²) < 4.78 is 0. The molecule has 3 N–H and O–H groups in total. The van der Waals surface area contributed by atoms with Gasteiger partial charge >= 0.3 is 0 Å². The molecular weight excluding hydrogens is 366 g/mol. The van der Waals surface area contributed by atoms with Gasteiger partial charge in [0.1, 0.15) is 0 Å². The molecule has 0 aromatic heterocycles. The Balaban J connectivity index is 2.59. The van der Waals surface area contributed by atoms with Crippen molar-refractivity contribution in [3.63, 3.8) is 0 Å². The number of hydrogen-bond donors (Lipinski definition) is 3. The van der Waals surface area contributed by atoms with Crippen molar-refractivity contribution in [2.45, 2.75) is 117 Å². The second-order valence-electron chi connectivity index (χ2n) is 10.1. The minimum Gasteiger partial charge on any atom is -0.353 e. The molecule has 0 radical (unpaired) electrons. The van der Waals surface area contributed by atoms with Crippen LogP contribution in [0, 0.1) is 5.92 Å². The molecule has 1 saturated heterocycles.